The van der Waals surface area contributed by atoms with Crippen LogP contribution in [0.2, 0.25) is 0 Å². The topological polar surface area (TPSA) is 27.0 Å². The fourth-order valence-corrected chi connectivity index (χ4v) is 1.58. The molecule has 0 radical (unpaired) electrons. The summed E-state index contributed by atoms with van der Waals surface area (Å²) in [6, 6.07) is 12.6. The lowest BCUT2D eigenvalue weighted by molar-refractivity contribution is 0.168. The maximum absolute atomic E-state index is 9.08. The van der Waals surface area contributed by atoms with Gasteiger partial charge in [-0.15, -0.1) is 0 Å². The molecule has 0 atom stereocenters. The van der Waals surface area contributed by atoms with E-state index in [4.69, 9.17) is 5.26 Å². The first-order valence-electron chi connectivity index (χ1n) is 5.30. The third kappa shape index (κ3) is 3.07. The molecule has 0 bridgehead atoms. The van der Waals surface area contributed by atoms with Crippen LogP contribution in [-0.2, 0) is 6.54 Å². The summed E-state index contributed by atoms with van der Waals surface area (Å²) in [5, 5.41) is 9.08. The van der Waals surface area contributed by atoms with Crippen LogP contribution in [0.15, 0.2) is 30.3 Å². The monoisotopic (exact) mass is 202 g/mol. The van der Waals surface area contributed by atoms with Gasteiger partial charge in [-0.05, 0) is 26.0 Å². The van der Waals surface area contributed by atoms with Crippen LogP contribution in [0, 0.1) is 11.3 Å². The Kier molecular flexibility index (Phi) is 3.88. The van der Waals surface area contributed by atoms with Crippen LogP contribution in [0.5, 0.6) is 0 Å². The lowest BCUT2D eigenvalue weighted by atomic mass is 10.0. The molecule has 2 heteroatoms. The van der Waals surface area contributed by atoms with Crippen molar-refractivity contribution in [2.75, 3.05) is 6.54 Å². The summed E-state index contributed by atoms with van der Waals surface area (Å²) in [5.74, 6) is 0. The van der Waals surface area contributed by atoms with Crippen molar-refractivity contribution in [3.05, 3.63) is 35.9 Å². The van der Waals surface area contributed by atoms with Crippen LogP contribution in [0.25, 0.3) is 0 Å². The number of hydrogen-bond donors (Lipinski definition) is 0. The molecule has 0 saturated carbocycles. The summed E-state index contributed by atoms with van der Waals surface area (Å²) in [7, 11) is 0. The molecule has 2 nitrogen and oxygen atoms in total. The minimum Gasteiger partial charge on any atom is -0.282 e. The molecule has 0 aliphatic rings. The van der Waals surface area contributed by atoms with Gasteiger partial charge in [-0.2, -0.15) is 5.26 Å². The lowest BCUT2D eigenvalue weighted by Gasteiger charge is -2.31. The minimum absolute atomic E-state index is 0.398. The van der Waals surface area contributed by atoms with Crippen molar-refractivity contribution < 1.29 is 0 Å². The first kappa shape index (κ1) is 11.7. The van der Waals surface area contributed by atoms with Crippen molar-refractivity contribution in [2.24, 2.45) is 0 Å². The normalized spacial score (nSPS) is 11.4. The van der Waals surface area contributed by atoms with Crippen LogP contribution >= 0.6 is 0 Å². The van der Waals surface area contributed by atoms with Gasteiger partial charge in [0.25, 0.3) is 0 Å². The van der Waals surface area contributed by atoms with Gasteiger partial charge in [0, 0.05) is 6.54 Å². The second-order valence-electron chi connectivity index (χ2n) is 4.17. The smallest absolute Gasteiger partial charge is 0.103 e. The maximum Gasteiger partial charge on any atom is 0.103 e. The van der Waals surface area contributed by atoms with Crippen molar-refractivity contribution in [2.45, 2.75) is 32.9 Å². The molecule has 0 saturated heterocycles. The molecule has 0 aliphatic heterocycles. The zero-order chi connectivity index (χ0) is 11.3. The second kappa shape index (κ2) is 4.95. The summed E-state index contributed by atoms with van der Waals surface area (Å²) in [5.41, 5.74) is 0.854. The highest BCUT2D eigenvalue weighted by Gasteiger charge is 2.24. The van der Waals surface area contributed by atoms with Gasteiger partial charge in [-0.3, -0.25) is 4.90 Å². The van der Waals surface area contributed by atoms with E-state index in [0.717, 1.165) is 13.1 Å². The summed E-state index contributed by atoms with van der Waals surface area (Å²) < 4.78 is 0. The largest absolute Gasteiger partial charge is 0.282 e. The molecule has 0 spiro atoms. The quantitative estimate of drug-likeness (QED) is 0.750. The average molecular weight is 202 g/mol. The van der Waals surface area contributed by atoms with Crippen LogP contribution in [0.1, 0.15) is 26.3 Å². The molecule has 0 unspecified atom stereocenters. The van der Waals surface area contributed by atoms with E-state index >= 15 is 0 Å². The van der Waals surface area contributed by atoms with Crippen molar-refractivity contribution in [3.8, 4) is 6.07 Å². The number of nitriles is 1. The lowest BCUT2D eigenvalue weighted by Crippen LogP contribution is -2.41. The van der Waals surface area contributed by atoms with Gasteiger partial charge in [-0.25, -0.2) is 0 Å². The van der Waals surface area contributed by atoms with E-state index in [9.17, 15) is 0 Å². The van der Waals surface area contributed by atoms with Gasteiger partial charge in [0.1, 0.15) is 5.54 Å². The van der Waals surface area contributed by atoms with Gasteiger partial charge in [0.2, 0.25) is 0 Å². The summed E-state index contributed by atoms with van der Waals surface area (Å²) in [6.45, 7) is 7.72. The Morgan fingerprint density at radius 1 is 1.27 bits per heavy atom. The van der Waals surface area contributed by atoms with E-state index in [1.54, 1.807) is 0 Å². The highest BCUT2D eigenvalue weighted by Crippen LogP contribution is 2.16. The number of nitrogens with zero attached hydrogens (tertiary/aromatic N) is 2. The molecule has 1 aromatic carbocycles. The molecule has 15 heavy (non-hydrogen) atoms. The molecule has 0 aliphatic carbocycles. The molecular formula is C13H18N2. The molecule has 0 heterocycles. The van der Waals surface area contributed by atoms with Crippen LogP contribution < -0.4 is 0 Å². The average Bonchev–Trinajstić information content (AvgIpc) is 2.27. The first-order valence-corrected chi connectivity index (χ1v) is 5.30. The van der Waals surface area contributed by atoms with E-state index in [1.807, 2.05) is 32.0 Å². The molecular weight excluding hydrogens is 184 g/mol. The van der Waals surface area contributed by atoms with Crippen molar-refractivity contribution in [1.29, 1.82) is 5.26 Å². The zero-order valence-electron chi connectivity index (χ0n) is 9.70. The Bertz CT molecular complexity index is 335. The van der Waals surface area contributed by atoms with Gasteiger partial charge in [0.15, 0.2) is 0 Å². The molecule has 80 valence electrons. The number of hydrogen-bond acceptors (Lipinski definition) is 2. The van der Waals surface area contributed by atoms with E-state index in [1.165, 1.54) is 5.56 Å². The summed E-state index contributed by atoms with van der Waals surface area (Å²) >= 11 is 0. The standard InChI is InChI=1S/C13H18N2/c1-4-15(13(2,3)11-14)10-12-8-6-5-7-9-12/h5-9H,4,10H2,1-3H3. The fourth-order valence-electron chi connectivity index (χ4n) is 1.58. The Morgan fingerprint density at radius 2 is 1.87 bits per heavy atom. The van der Waals surface area contributed by atoms with Crippen LogP contribution in [0.3, 0.4) is 0 Å². The van der Waals surface area contributed by atoms with E-state index in [2.05, 4.69) is 30.0 Å². The Labute approximate surface area is 92.1 Å². The first-order chi connectivity index (χ1) is 7.10. The zero-order valence-corrected chi connectivity index (χ0v) is 9.70. The molecule has 1 rings (SSSR count). The van der Waals surface area contributed by atoms with Crippen molar-refractivity contribution >= 4 is 0 Å². The SMILES string of the molecule is CCN(Cc1ccccc1)C(C)(C)C#N. The third-order valence-electron chi connectivity index (χ3n) is 2.66. The highest BCUT2D eigenvalue weighted by molar-refractivity contribution is 5.16. The Morgan fingerprint density at radius 3 is 2.33 bits per heavy atom. The molecule has 1 aromatic rings. The summed E-state index contributed by atoms with van der Waals surface area (Å²) in [6.07, 6.45) is 0. The van der Waals surface area contributed by atoms with Gasteiger partial charge in [0.05, 0.1) is 6.07 Å². The second-order valence-corrected chi connectivity index (χ2v) is 4.17. The van der Waals surface area contributed by atoms with Crippen LogP contribution in [0.4, 0.5) is 0 Å². The van der Waals surface area contributed by atoms with E-state index in [-0.39, 0.29) is 0 Å². The van der Waals surface area contributed by atoms with Crippen molar-refractivity contribution in [1.82, 2.24) is 4.90 Å². The summed E-state index contributed by atoms with van der Waals surface area (Å²) in [4.78, 5) is 2.17. The predicted octanol–water partition coefficient (Wildman–Crippen LogP) is 2.81. The number of benzene rings is 1. The van der Waals surface area contributed by atoms with Gasteiger partial charge in [-0.1, -0.05) is 37.3 Å². The molecule has 0 N–H and O–H groups in total. The van der Waals surface area contributed by atoms with Crippen molar-refractivity contribution in [3.63, 3.8) is 0 Å². The molecule has 0 fully saturated rings. The minimum atomic E-state index is -0.398. The maximum atomic E-state index is 9.08. The molecule has 0 aromatic heterocycles. The van der Waals surface area contributed by atoms with E-state index in [0.29, 0.717) is 0 Å². The molecule has 0 amide bonds. The van der Waals surface area contributed by atoms with Gasteiger partial charge >= 0.3 is 0 Å². The Balaban J connectivity index is 2.76. The van der Waals surface area contributed by atoms with Crippen LogP contribution in [-0.4, -0.2) is 17.0 Å². The number of rotatable bonds is 4. The Hall–Kier alpha value is -1.33. The van der Waals surface area contributed by atoms with Gasteiger partial charge < -0.3 is 0 Å². The van der Waals surface area contributed by atoms with E-state index < -0.39 is 5.54 Å². The highest BCUT2D eigenvalue weighted by atomic mass is 15.2. The fraction of sp³-hybridized carbons (Fsp3) is 0.462. The third-order valence-corrected chi connectivity index (χ3v) is 2.66. The predicted molar refractivity (Wildman–Crippen MR) is 62.2 cm³/mol.